The molecule has 1 unspecified atom stereocenters. The normalized spacial score (nSPS) is 12.1. The summed E-state index contributed by atoms with van der Waals surface area (Å²) < 4.78 is 18.2. The van der Waals surface area contributed by atoms with Gasteiger partial charge in [0, 0.05) is 13.1 Å². The van der Waals surface area contributed by atoms with Crippen molar-refractivity contribution >= 4 is 29.9 Å². The van der Waals surface area contributed by atoms with Crippen LogP contribution in [-0.2, 0) is 6.54 Å². The highest BCUT2D eigenvalue weighted by Crippen LogP contribution is 2.14. The minimum atomic E-state index is -0.749. The Morgan fingerprint density at radius 3 is 2.58 bits per heavy atom. The Labute approximate surface area is 170 Å². The van der Waals surface area contributed by atoms with Crippen LogP contribution < -0.4 is 15.4 Å². The van der Waals surface area contributed by atoms with E-state index >= 15 is 0 Å². The quantitative estimate of drug-likeness (QED) is 0.328. The predicted molar refractivity (Wildman–Crippen MR) is 113 cm³/mol. The van der Waals surface area contributed by atoms with Crippen LogP contribution in [0.2, 0.25) is 0 Å². The summed E-state index contributed by atoms with van der Waals surface area (Å²) in [6.45, 7) is 3.44. The smallest absolute Gasteiger partial charge is 0.191 e. The summed E-state index contributed by atoms with van der Waals surface area (Å²) in [5.74, 6) is 1.07. The highest BCUT2D eigenvalue weighted by atomic mass is 127. The second-order valence-corrected chi connectivity index (χ2v) is 5.49. The molecule has 2 aromatic rings. The van der Waals surface area contributed by atoms with Crippen molar-refractivity contribution in [1.29, 1.82) is 0 Å². The molecule has 7 heteroatoms. The number of ether oxygens (including phenoxy) is 1. The Bertz CT molecular complexity index is 695. The standard InChI is InChI=1S/C19H24FN3O2.HI/c1-3-21-19(22-12-14-5-4-6-17(11-14)25-2)23-13-18(24)15-7-9-16(20)10-8-15;/h4-11,18,24H,3,12-13H2,1-2H3,(H2,21,22,23);1H. The summed E-state index contributed by atoms with van der Waals surface area (Å²) >= 11 is 0. The van der Waals surface area contributed by atoms with Gasteiger partial charge in [-0.25, -0.2) is 9.38 Å². The van der Waals surface area contributed by atoms with Gasteiger partial charge in [0.25, 0.3) is 0 Å². The van der Waals surface area contributed by atoms with Crippen molar-refractivity contribution in [2.45, 2.75) is 19.6 Å². The van der Waals surface area contributed by atoms with Crippen molar-refractivity contribution in [2.75, 3.05) is 20.2 Å². The van der Waals surface area contributed by atoms with E-state index in [0.717, 1.165) is 11.3 Å². The molecule has 0 saturated heterocycles. The molecule has 0 heterocycles. The van der Waals surface area contributed by atoms with E-state index in [4.69, 9.17) is 4.74 Å². The Morgan fingerprint density at radius 1 is 1.19 bits per heavy atom. The van der Waals surface area contributed by atoms with Crippen LogP contribution in [-0.4, -0.2) is 31.3 Å². The fourth-order valence-electron chi connectivity index (χ4n) is 2.28. The average molecular weight is 473 g/mol. The van der Waals surface area contributed by atoms with Gasteiger partial charge in [-0.15, -0.1) is 24.0 Å². The van der Waals surface area contributed by atoms with E-state index in [1.807, 2.05) is 31.2 Å². The number of nitrogens with one attached hydrogen (secondary N) is 2. The molecule has 5 nitrogen and oxygen atoms in total. The zero-order valence-corrected chi connectivity index (χ0v) is 17.2. The molecule has 0 aromatic heterocycles. The van der Waals surface area contributed by atoms with Crippen molar-refractivity contribution in [3.05, 3.63) is 65.5 Å². The number of aliphatic hydroxyl groups is 1. The summed E-state index contributed by atoms with van der Waals surface area (Å²) in [7, 11) is 1.63. The molecule has 0 radical (unpaired) electrons. The van der Waals surface area contributed by atoms with Crippen LogP contribution in [0.4, 0.5) is 4.39 Å². The molecule has 0 saturated carbocycles. The first-order valence-electron chi connectivity index (χ1n) is 8.21. The SMILES string of the molecule is CCNC(=NCc1cccc(OC)c1)NCC(O)c1ccc(F)cc1.I. The van der Waals surface area contributed by atoms with Crippen LogP contribution in [0.5, 0.6) is 5.75 Å². The van der Waals surface area contributed by atoms with Crippen LogP contribution in [0.15, 0.2) is 53.5 Å². The van der Waals surface area contributed by atoms with E-state index in [9.17, 15) is 9.50 Å². The maximum absolute atomic E-state index is 12.9. The van der Waals surface area contributed by atoms with Crippen LogP contribution in [0.1, 0.15) is 24.2 Å². The summed E-state index contributed by atoms with van der Waals surface area (Å²) in [5, 5.41) is 16.4. The molecule has 0 aliphatic rings. The molecule has 0 amide bonds. The number of aliphatic imine (C=N–C) groups is 1. The lowest BCUT2D eigenvalue weighted by atomic mass is 10.1. The first-order valence-corrected chi connectivity index (χ1v) is 8.21. The summed E-state index contributed by atoms with van der Waals surface area (Å²) in [6.07, 6.45) is -0.749. The fraction of sp³-hybridized carbons (Fsp3) is 0.316. The number of methoxy groups -OCH3 is 1. The lowest BCUT2D eigenvalue weighted by Gasteiger charge is -2.15. The highest BCUT2D eigenvalue weighted by molar-refractivity contribution is 14.0. The molecule has 1 atom stereocenters. The molecule has 2 aromatic carbocycles. The predicted octanol–water partition coefficient (Wildman–Crippen LogP) is 3.24. The third-order valence-electron chi connectivity index (χ3n) is 3.62. The number of rotatable bonds is 7. The van der Waals surface area contributed by atoms with Crippen LogP contribution in [0.25, 0.3) is 0 Å². The third kappa shape index (κ3) is 7.17. The lowest BCUT2D eigenvalue weighted by Crippen LogP contribution is -2.39. The zero-order valence-electron chi connectivity index (χ0n) is 14.9. The van der Waals surface area contributed by atoms with Crippen molar-refractivity contribution < 1.29 is 14.2 Å². The molecule has 0 aliphatic heterocycles. The van der Waals surface area contributed by atoms with Gasteiger partial charge in [-0.2, -0.15) is 0 Å². The Balaban J connectivity index is 0.00000338. The van der Waals surface area contributed by atoms with Gasteiger partial charge in [0.2, 0.25) is 0 Å². The first kappa shape index (κ1) is 22.2. The molecule has 3 N–H and O–H groups in total. The molecular weight excluding hydrogens is 448 g/mol. The highest BCUT2D eigenvalue weighted by Gasteiger charge is 2.08. The van der Waals surface area contributed by atoms with Crippen molar-refractivity contribution in [3.8, 4) is 5.75 Å². The van der Waals surface area contributed by atoms with Crippen molar-refractivity contribution in [1.82, 2.24) is 10.6 Å². The van der Waals surface area contributed by atoms with Crippen molar-refractivity contribution in [2.24, 2.45) is 4.99 Å². The van der Waals surface area contributed by atoms with Crippen molar-refractivity contribution in [3.63, 3.8) is 0 Å². The second-order valence-electron chi connectivity index (χ2n) is 5.49. The van der Waals surface area contributed by atoms with Gasteiger partial charge in [0.05, 0.1) is 19.8 Å². The average Bonchev–Trinajstić information content (AvgIpc) is 2.64. The van der Waals surface area contributed by atoms with Gasteiger partial charge in [-0.3, -0.25) is 0 Å². The van der Waals surface area contributed by atoms with E-state index in [2.05, 4.69) is 15.6 Å². The zero-order chi connectivity index (χ0) is 18.1. The molecule has 142 valence electrons. The van der Waals surface area contributed by atoms with Crippen LogP contribution in [0.3, 0.4) is 0 Å². The second kappa shape index (κ2) is 11.7. The molecule has 0 fully saturated rings. The molecule has 0 spiro atoms. The van der Waals surface area contributed by atoms with Gasteiger partial charge in [0.1, 0.15) is 11.6 Å². The monoisotopic (exact) mass is 473 g/mol. The van der Waals surface area contributed by atoms with Gasteiger partial charge in [0.15, 0.2) is 5.96 Å². The summed E-state index contributed by atoms with van der Waals surface area (Å²) in [5.41, 5.74) is 1.67. The molecule has 0 bridgehead atoms. The summed E-state index contributed by atoms with van der Waals surface area (Å²) in [4.78, 5) is 4.51. The van der Waals surface area contributed by atoms with E-state index in [-0.39, 0.29) is 36.3 Å². The Kier molecular flexibility index (Phi) is 9.97. The van der Waals surface area contributed by atoms with E-state index in [1.165, 1.54) is 12.1 Å². The minimum absolute atomic E-state index is 0. The van der Waals surface area contributed by atoms with Crippen LogP contribution in [0, 0.1) is 5.82 Å². The third-order valence-corrected chi connectivity index (χ3v) is 3.62. The number of nitrogens with zero attached hydrogens (tertiary/aromatic N) is 1. The first-order chi connectivity index (χ1) is 12.1. The minimum Gasteiger partial charge on any atom is -0.497 e. The van der Waals surface area contributed by atoms with E-state index < -0.39 is 6.10 Å². The number of hydrogen-bond donors (Lipinski definition) is 3. The Morgan fingerprint density at radius 2 is 1.92 bits per heavy atom. The van der Waals surface area contributed by atoms with Crippen LogP contribution >= 0.6 is 24.0 Å². The van der Waals surface area contributed by atoms with Gasteiger partial charge < -0.3 is 20.5 Å². The molecule has 26 heavy (non-hydrogen) atoms. The largest absolute Gasteiger partial charge is 0.497 e. The summed E-state index contributed by atoms with van der Waals surface area (Å²) in [6, 6.07) is 13.5. The molecule has 0 aliphatic carbocycles. The van der Waals surface area contributed by atoms with Gasteiger partial charge in [-0.1, -0.05) is 24.3 Å². The van der Waals surface area contributed by atoms with E-state index in [0.29, 0.717) is 24.6 Å². The number of benzene rings is 2. The Hall–Kier alpha value is -1.87. The number of aliphatic hydroxyl groups excluding tert-OH is 1. The number of halogens is 2. The van der Waals surface area contributed by atoms with Gasteiger partial charge >= 0.3 is 0 Å². The maximum atomic E-state index is 12.9. The number of guanidine groups is 1. The van der Waals surface area contributed by atoms with E-state index in [1.54, 1.807) is 19.2 Å². The van der Waals surface area contributed by atoms with Gasteiger partial charge in [-0.05, 0) is 42.3 Å². The maximum Gasteiger partial charge on any atom is 0.191 e. The topological polar surface area (TPSA) is 65.9 Å². The lowest BCUT2D eigenvalue weighted by molar-refractivity contribution is 0.180. The fourth-order valence-corrected chi connectivity index (χ4v) is 2.28. The molecule has 2 rings (SSSR count). The number of hydrogen-bond acceptors (Lipinski definition) is 3. The molecular formula is C19H25FIN3O2.